The molecule has 1 aliphatic rings. The van der Waals surface area contributed by atoms with Gasteiger partial charge in [0.25, 0.3) is 0 Å². The van der Waals surface area contributed by atoms with Crippen LogP contribution in [0.1, 0.15) is 69.3 Å². The van der Waals surface area contributed by atoms with E-state index < -0.39 is 0 Å². The van der Waals surface area contributed by atoms with Gasteiger partial charge in [0.05, 0.1) is 17.8 Å². The van der Waals surface area contributed by atoms with Crippen LogP contribution in [-0.4, -0.2) is 16.1 Å². The molecule has 0 bridgehead atoms. The number of hydrogen-bond donors (Lipinski definition) is 1. The Bertz CT molecular complexity index is 442. The zero-order valence-electron chi connectivity index (χ0n) is 12.2. The Morgan fingerprint density at radius 2 is 2.05 bits per heavy atom. The van der Waals surface area contributed by atoms with Gasteiger partial charge in [-0.05, 0) is 37.0 Å². The summed E-state index contributed by atoms with van der Waals surface area (Å²) in [6, 6.07) is 0.359. The lowest BCUT2D eigenvalue weighted by molar-refractivity contribution is 0.112. The van der Waals surface area contributed by atoms with Crippen LogP contribution in [0, 0.1) is 11.3 Å². The van der Waals surface area contributed by atoms with E-state index in [1.807, 2.05) is 4.68 Å². The molecule has 0 amide bonds. The molecule has 0 radical (unpaired) electrons. The first-order chi connectivity index (χ1) is 8.99. The van der Waals surface area contributed by atoms with Gasteiger partial charge in [-0.25, -0.2) is 4.68 Å². The Morgan fingerprint density at radius 3 is 2.53 bits per heavy atom. The summed E-state index contributed by atoms with van der Waals surface area (Å²) in [5.41, 5.74) is 6.90. The van der Waals surface area contributed by atoms with Crippen LogP contribution in [0.5, 0.6) is 0 Å². The van der Waals surface area contributed by atoms with Crippen molar-refractivity contribution in [1.82, 2.24) is 9.78 Å². The van der Waals surface area contributed by atoms with Crippen molar-refractivity contribution >= 4 is 12.1 Å². The van der Waals surface area contributed by atoms with Crippen molar-refractivity contribution in [1.29, 1.82) is 0 Å². The van der Waals surface area contributed by atoms with Gasteiger partial charge in [0, 0.05) is 0 Å². The van der Waals surface area contributed by atoms with E-state index in [2.05, 4.69) is 25.9 Å². The molecule has 2 N–H and O–H groups in total. The third-order valence-electron chi connectivity index (χ3n) is 5.05. The maximum absolute atomic E-state index is 10.8. The average molecular weight is 263 g/mol. The third-order valence-corrected chi connectivity index (χ3v) is 5.05. The minimum absolute atomic E-state index is 0.359. The van der Waals surface area contributed by atoms with Crippen LogP contribution in [0.3, 0.4) is 0 Å². The number of carbonyl (C=O) groups is 1. The topological polar surface area (TPSA) is 60.9 Å². The Balaban J connectivity index is 2.04. The number of nitrogens with zero attached hydrogens (tertiary/aromatic N) is 2. The Hall–Kier alpha value is -1.32. The predicted molar refractivity (Wildman–Crippen MR) is 77.1 cm³/mol. The highest BCUT2D eigenvalue weighted by Crippen LogP contribution is 2.43. The molecule has 1 saturated carbocycles. The first-order valence-corrected chi connectivity index (χ1v) is 7.27. The summed E-state index contributed by atoms with van der Waals surface area (Å²) < 4.78 is 1.85. The van der Waals surface area contributed by atoms with Crippen LogP contribution in [0.4, 0.5) is 5.82 Å². The van der Waals surface area contributed by atoms with Crippen molar-refractivity contribution in [2.24, 2.45) is 11.3 Å². The van der Waals surface area contributed by atoms with Crippen LogP contribution >= 0.6 is 0 Å². The van der Waals surface area contributed by atoms with E-state index in [0.717, 1.165) is 25.0 Å². The number of carbonyl (C=O) groups excluding carboxylic acids is 1. The maximum Gasteiger partial charge on any atom is 0.155 e. The fourth-order valence-corrected chi connectivity index (χ4v) is 3.16. The smallest absolute Gasteiger partial charge is 0.155 e. The van der Waals surface area contributed by atoms with Gasteiger partial charge >= 0.3 is 0 Å². The second-order valence-electron chi connectivity index (χ2n) is 6.40. The Morgan fingerprint density at radius 1 is 1.42 bits per heavy atom. The molecule has 0 saturated heterocycles. The monoisotopic (exact) mass is 263 g/mol. The summed E-state index contributed by atoms with van der Waals surface area (Å²) >= 11 is 0. The molecule has 19 heavy (non-hydrogen) atoms. The molecule has 1 aliphatic carbocycles. The fourth-order valence-electron chi connectivity index (χ4n) is 3.16. The SMILES string of the molecule is CCC(C)(C)C1CCC(n2ncc(C=O)c2N)CC1. The van der Waals surface area contributed by atoms with Gasteiger partial charge in [-0.1, -0.05) is 27.2 Å². The highest BCUT2D eigenvalue weighted by Gasteiger charge is 2.33. The van der Waals surface area contributed by atoms with Crippen molar-refractivity contribution in [3.63, 3.8) is 0 Å². The lowest BCUT2D eigenvalue weighted by Gasteiger charge is -2.39. The van der Waals surface area contributed by atoms with Crippen LogP contribution < -0.4 is 5.73 Å². The summed E-state index contributed by atoms with van der Waals surface area (Å²) in [6.07, 6.45) is 8.25. The third kappa shape index (κ3) is 2.67. The lowest BCUT2D eigenvalue weighted by Crippen LogP contribution is -2.29. The van der Waals surface area contributed by atoms with Crippen LogP contribution in [0.15, 0.2) is 6.20 Å². The molecule has 4 nitrogen and oxygen atoms in total. The van der Waals surface area contributed by atoms with Crippen molar-refractivity contribution in [2.75, 3.05) is 5.73 Å². The number of hydrogen-bond acceptors (Lipinski definition) is 3. The number of rotatable bonds is 4. The molecule has 1 aromatic heterocycles. The van der Waals surface area contributed by atoms with Crippen molar-refractivity contribution < 1.29 is 4.79 Å². The minimum atomic E-state index is 0.359. The highest BCUT2D eigenvalue weighted by molar-refractivity contribution is 5.81. The second kappa shape index (κ2) is 5.35. The molecule has 0 aromatic carbocycles. The normalized spacial score (nSPS) is 24.4. The van der Waals surface area contributed by atoms with Gasteiger partial charge in [0.15, 0.2) is 6.29 Å². The summed E-state index contributed by atoms with van der Waals surface area (Å²) in [5, 5.41) is 4.28. The predicted octanol–water partition coefficient (Wildman–Crippen LogP) is 3.45. The molecule has 106 valence electrons. The quantitative estimate of drug-likeness (QED) is 0.846. The van der Waals surface area contributed by atoms with Crippen LogP contribution in [0.25, 0.3) is 0 Å². The highest BCUT2D eigenvalue weighted by atomic mass is 16.1. The van der Waals surface area contributed by atoms with Gasteiger partial charge in [-0.15, -0.1) is 0 Å². The van der Waals surface area contributed by atoms with Gasteiger partial charge < -0.3 is 5.73 Å². The van der Waals surface area contributed by atoms with E-state index in [4.69, 9.17) is 5.73 Å². The van der Waals surface area contributed by atoms with E-state index >= 15 is 0 Å². The van der Waals surface area contributed by atoms with E-state index in [0.29, 0.717) is 22.8 Å². The first-order valence-electron chi connectivity index (χ1n) is 7.27. The van der Waals surface area contributed by atoms with Gasteiger partial charge in [-0.3, -0.25) is 4.79 Å². The molecule has 0 atom stereocenters. The molecule has 0 spiro atoms. The van der Waals surface area contributed by atoms with Crippen molar-refractivity contribution in [2.45, 2.75) is 58.9 Å². The van der Waals surface area contributed by atoms with Gasteiger partial charge in [0.2, 0.25) is 0 Å². The number of aromatic nitrogens is 2. The molecule has 1 aromatic rings. The van der Waals surface area contributed by atoms with E-state index in [9.17, 15) is 4.79 Å². The molecule has 0 unspecified atom stereocenters. The van der Waals surface area contributed by atoms with E-state index in [1.54, 1.807) is 6.20 Å². The summed E-state index contributed by atoms with van der Waals surface area (Å²) in [7, 11) is 0. The Labute approximate surface area is 115 Å². The standard InChI is InChI=1S/C15H25N3O/c1-4-15(2,3)12-5-7-13(8-6-12)18-14(16)11(10-19)9-17-18/h9-10,12-13H,4-8,16H2,1-3H3. The lowest BCUT2D eigenvalue weighted by atomic mass is 9.69. The zero-order chi connectivity index (χ0) is 14.0. The minimum Gasteiger partial charge on any atom is -0.383 e. The van der Waals surface area contributed by atoms with E-state index in [1.165, 1.54) is 19.3 Å². The molecular weight excluding hydrogens is 238 g/mol. The molecular formula is C15H25N3O. The van der Waals surface area contributed by atoms with E-state index in [-0.39, 0.29) is 0 Å². The van der Waals surface area contributed by atoms with Crippen LogP contribution in [0.2, 0.25) is 0 Å². The number of aldehydes is 1. The fraction of sp³-hybridized carbons (Fsp3) is 0.733. The number of nitrogens with two attached hydrogens (primary N) is 1. The molecule has 0 aliphatic heterocycles. The van der Waals surface area contributed by atoms with Crippen LogP contribution in [-0.2, 0) is 0 Å². The first kappa shape index (κ1) is 14.1. The second-order valence-corrected chi connectivity index (χ2v) is 6.40. The number of nitrogen functional groups attached to an aromatic ring is 1. The summed E-state index contributed by atoms with van der Waals surface area (Å²) in [4.78, 5) is 10.8. The molecule has 2 rings (SSSR count). The summed E-state index contributed by atoms with van der Waals surface area (Å²) in [5.74, 6) is 1.31. The van der Waals surface area contributed by atoms with Crippen molar-refractivity contribution in [3.05, 3.63) is 11.8 Å². The molecule has 1 heterocycles. The largest absolute Gasteiger partial charge is 0.383 e. The van der Waals surface area contributed by atoms with Gasteiger partial charge in [-0.2, -0.15) is 5.10 Å². The Kier molecular flexibility index (Phi) is 3.97. The van der Waals surface area contributed by atoms with Crippen molar-refractivity contribution in [3.8, 4) is 0 Å². The zero-order valence-corrected chi connectivity index (χ0v) is 12.2. The number of anilines is 1. The molecule has 1 fully saturated rings. The maximum atomic E-state index is 10.8. The summed E-state index contributed by atoms with van der Waals surface area (Å²) in [6.45, 7) is 7.00. The van der Waals surface area contributed by atoms with Gasteiger partial charge in [0.1, 0.15) is 5.82 Å². The molecule has 4 heteroatoms. The average Bonchev–Trinajstić information content (AvgIpc) is 2.80.